The lowest BCUT2D eigenvalue weighted by atomic mass is 10.1. The van der Waals surface area contributed by atoms with Crippen molar-refractivity contribution in [2.45, 2.75) is 13.0 Å². The zero-order valence-electron chi connectivity index (χ0n) is 8.96. The molecule has 0 radical (unpaired) electrons. The van der Waals surface area contributed by atoms with Gasteiger partial charge in [0.1, 0.15) is 11.9 Å². The number of carbonyl (C=O) groups is 2. The van der Waals surface area contributed by atoms with Crippen LogP contribution < -0.4 is 16.8 Å². The molecule has 1 rings (SSSR count). The molecule has 5 N–H and O–H groups in total. The molecule has 0 bridgehead atoms. The third-order valence-electron chi connectivity index (χ3n) is 2.08. The lowest BCUT2D eigenvalue weighted by molar-refractivity contribution is -0.119. The number of benzene rings is 1. The molecule has 92 valence electrons. The molecule has 0 aromatic heterocycles. The number of rotatable bonds is 3. The van der Waals surface area contributed by atoms with Crippen molar-refractivity contribution in [2.24, 2.45) is 5.73 Å². The number of primary amides is 1. The number of hydrogen-bond donors (Lipinski definition) is 3. The summed E-state index contributed by atoms with van der Waals surface area (Å²) in [5, 5.41) is 2.12. The Morgan fingerprint density at radius 1 is 1.35 bits per heavy atom. The van der Waals surface area contributed by atoms with Crippen molar-refractivity contribution in [1.82, 2.24) is 5.32 Å². The first-order valence-electron chi connectivity index (χ1n) is 4.67. The van der Waals surface area contributed by atoms with E-state index in [4.69, 9.17) is 11.5 Å². The summed E-state index contributed by atoms with van der Waals surface area (Å²) in [5.41, 5.74) is 9.02. The zero-order chi connectivity index (χ0) is 13.2. The molecule has 0 spiro atoms. The zero-order valence-corrected chi connectivity index (χ0v) is 8.96. The van der Waals surface area contributed by atoms with Crippen molar-refractivity contribution in [2.75, 3.05) is 5.73 Å². The third kappa shape index (κ3) is 2.90. The number of carbonyl (C=O) groups excluding carboxylic acids is 2. The van der Waals surface area contributed by atoms with Crippen molar-refractivity contribution in [1.29, 1.82) is 0 Å². The topological polar surface area (TPSA) is 98.2 Å². The predicted octanol–water partition coefficient (Wildman–Crippen LogP) is 0.151. The third-order valence-corrected chi connectivity index (χ3v) is 2.08. The van der Waals surface area contributed by atoms with Crippen LogP contribution in [0.3, 0.4) is 0 Å². The fourth-order valence-electron chi connectivity index (χ4n) is 1.12. The highest BCUT2D eigenvalue weighted by Crippen LogP contribution is 2.17. The molecule has 1 unspecified atom stereocenters. The molecule has 0 aliphatic rings. The van der Waals surface area contributed by atoms with E-state index < -0.39 is 40.7 Å². The maximum absolute atomic E-state index is 13.4. The summed E-state index contributed by atoms with van der Waals surface area (Å²) in [7, 11) is 0. The normalized spacial score (nSPS) is 11.9. The van der Waals surface area contributed by atoms with Crippen LogP contribution in [0, 0.1) is 11.6 Å². The van der Waals surface area contributed by atoms with Gasteiger partial charge in [-0.15, -0.1) is 0 Å². The van der Waals surface area contributed by atoms with E-state index >= 15 is 0 Å². The lowest BCUT2D eigenvalue weighted by Crippen LogP contribution is -2.42. The van der Waals surface area contributed by atoms with Crippen LogP contribution in [0.1, 0.15) is 17.3 Å². The minimum absolute atomic E-state index is 0.484. The van der Waals surface area contributed by atoms with Gasteiger partial charge < -0.3 is 16.8 Å². The second-order valence-corrected chi connectivity index (χ2v) is 3.45. The van der Waals surface area contributed by atoms with E-state index in [1.807, 2.05) is 0 Å². The minimum Gasteiger partial charge on any atom is -0.396 e. The number of nitrogens with one attached hydrogen (secondary N) is 1. The van der Waals surface area contributed by atoms with E-state index in [0.717, 1.165) is 6.07 Å². The van der Waals surface area contributed by atoms with Crippen LogP contribution >= 0.6 is 0 Å². The Labute approximate surface area is 95.8 Å². The molecule has 0 saturated heterocycles. The number of anilines is 1. The van der Waals surface area contributed by atoms with Crippen molar-refractivity contribution in [3.63, 3.8) is 0 Å². The van der Waals surface area contributed by atoms with Crippen LogP contribution in [0.25, 0.3) is 0 Å². The number of nitrogen functional groups attached to an aromatic ring is 1. The van der Waals surface area contributed by atoms with Crippen LogP contribution in [0.5, 0.6) is 0 Å². The summed E-state index contributed by atoms with van der Waals surface area (Å²) in [6.45, 7) is 1.32. The molecule has 2 amide bonds. The SMILES string of the molecule is CC(NC(=O)c1cc(F)cc(N)c1F)C(N)=O. The van der Waals surface area contributed by atoms with Crippen molar-refractivity contribution in [3.8, 4) is 0 Å². The van der Waals surface area contributed by atoms with E-state index in [1.165, 1.54) is 6.92 Å². The maximum atomic E-state index is 13.4. The smallest absolute Gasteiger partial charge is 0.255 e. The minimum atomic E-state index is -1.04. The first kappa shape index (κ1) is 12.9. The van der Waals surface area contributed by atoms with Gasteiger partial charge in [0.25, 0.3) is 5.91 Å². The Bertz CT molecular complexity index is 477. The highest BCUT2D eigenvalue weighted by atomic mass is 19.1. The van der Waals surface area contributed by atoms with Crippen LogP contribution in [-0.2, 0) is 4.79 Å². The molecule has 0 heterocycles. The van der Waals surface area contributed by atoms with Crippen LogP contribution in [0.4, 0.5) is 14.5 Å². The summed E-state index contributed by atoms with van der Waals surface area (Å²) >= 11 is 0. The molecule has 1 aromatic carbocycles. The summed E-state index contributed by atoms with van der Waals surface area (Å²) < 4.78 is 26.4. The number of hydrogen-bond acceptors (Lipinski definition) is 3. The van der Waals surface area contributed by atoms with Gasteiger partial charge in [0.15, 0.2) is 5.82 Å². The van der Waals surface area contributed by atoms with Gasteiger partial charge in [-0.1, -0.05) is 0 Å². The van der Waals surface area contributed by atoms with Gasteiger partial charge in [0.05, 0.1) is 11.3 Å². The number of nitrogens with two attached hydrogens (primary N) is 2. The van der Waals surface area contributed by atoms with Crippen molar-refractivity contribution >= 4 is 17.5 Å². The summed E-state index contributed by atoms with van der Waals surface area (Å²) in [5.74, 6) is -3.63. The molecule has 17 heavy (non-hydrogen) atoms. The van der Waals surface area contributed by atoms with Crippen LogP contribution in [-0.4, -0.2) is 17.9 Å². The molecular formula is C10H11F2N3O2. The molecule has 5 nitrogen and oxygen atoms in total. The van der Waals surface area contributed by atoms with E-state index in [9.17, 15) is 18.4 Å². The van der Waals surface area contributed by atoms with Crippen LogP contribution in [0.2, 0.25) is 0 Å². The molecule has 0 fully saturated rings. The molecule has 1 atom stereocenters. The molecule has 0 saturated carbocycles. The standard InChI is InChI=1S/C10H11F2N3O2/c1-4(9(14)16)15-10(17)6-2-5(11)3-7(13)8(6)12/h2-4H,13H2,1H3,(H2,14,16)(H,15,17). The van der Waals surface area contributed by atoms with Crippen molar-refractivity contribution < 1.29 is 18.4 Å². The fraction of sp³-hybridized carbons (Fsp3) is 0.200. The Balaban J connectivity index is 3.01. The number of amides is 2. The van der Waals surface area contributed by atoms with Gasteiger partial charge >= 0.3 is 0 Å². The molecule has 0 aliphatic carbocycles. The Morgan fingerprint density at radius 2 is 1.94 bits per heavy atom. The molecule has 1 aromatic rings. The lowest BCUT2D eigenvalue weighted by Gasteiger charge is -2.11. The second kappa shape index (κ2) is 4.77. The molecule has 0 aliphatic heterocycles. The monoisotopic (exact) mass is 243 g/mol. The Kier molecular flexibility index (Phi) is 3.62. The van der Waals surface area contributed by atoms with Gasteiger partial charge in [-0.25, -0.2) is 8.78 Å². The first-order valence-corrected chi connectivity index (χ1v) is 4.67. The fourth-order valence-corrected chi connectivity index (χ4v) is 1.12. The summed E-state index contributed by atoms with van der Waals surface area (Å²) in [6, 6.07) is 0.449. The van der Waals surface area contributed by atoms with E-state index in [0.29, 0.717) is 6.07 Å². The highest BCUT2D eigenvalue weighted by Gasteiger charge is 2.19. The van der Waals surface area contributed by atoms with Gasteiger partial charge in [-0.05, 0) is 19.1 Å². The molecular weight excluding hydrogens is 232 g/mol. The van der Waals surface area contributed by atoms with E-state index in [-0.39, 0.29) is 0 Å². The van der Waals surface area contributed by atoms with Gasteiger partial charge in [-0.2, -0.15) is 0 Å². The van der Waals surface area contributed by atoms with Gasteiger partial charge in [0, 0.05) is 0 Å². The molecule has 7 heteroatoms. The first-order chi connectivity index (χ1) is 7.82. The van der Waals surface area contributed by atoms with Crippen LogP contribution in [0.15, 0.2) is 12.1 Å². The highest BCUT2D eigenvalue weighted by molar-refractivity contribution is 5.98. The van der Waals surface area contributed by atoms with Crippen molar-refractivity contribution in [3.05, 3.63) is 29.3 Å². The Morgan fingerprint density at radius 3 is 2.47 bits per heavy atom. The average Bonchev–Trinajstić information content (AvgIpc) is 2.22. The quantitative estimate of drug-likeness (QED) is 0.659. The average molecular weight is 243 g/mol. The maximum Gasteiger partial charge on any atom is 0.255 e. The van der Waals surface area contributed by atoms with E-state index in [2.05, 4.69) is 5.32 Å². The second-order valence-electron chi connectivity index (χ2n) is 3.45. The summed E-state index contributed by atoms with van der Waals surface area (Å²) in [4.78, 5) is 22.2. The van der Waals surface area contributed by atoms with Gasteiger partial charge in [0.2, 0.25) is 5.91 Å². The predicted molar refractivity (Wildman–Crippen MR) is 56.9 cm³/mol. The van der Waals surface area contributed by atoms with E-state index in [1.54, 1.807) is 0 Å². The largest absolute Gasteiger partial charge is 0.396 e. The summed E-state index contributed by atoms with van der Waals surface area (Å²) in [6.07, 6.45) is 0. The Hall–Kier alpha value is -2.18. The van der Waals surface area contributed by atoms with Gasteiger partial charge in [-0.3, -0.25) is 9.59 Å². The number of halogens is 2.